The van der Waals surface area contributed by atoms with Crippen molar-refractivity contribution in [2.75, 3.05) is 16.0 Å². The quantitative estimate of drug-likeness (QED) is 0.340. The molecular formula is C20H15ClN6O5. The van der Waals surface area contributed by atoms with Gasteiger partial charge in [0.05, 0.1) is 16.4 Å². The zero-order chi connectivity index (χ0) is 22.8. The van der Waals surface area contributed by atoms with Crippen molar-refractivity contribution in [3.05, 3.63) is 79.6 Å². The maximum atomic E-state index is 12.9. The van der Waals surface area contributed by atoms with Gasteiger partial charge in [0.1, 0.15) is 5.82 Å². The van der Waals surface area contributed by atoms with E-state index in [-0.39, 0.29) is 35.1 Å². The molecule has 0 bridgehead atoms. The van der Waals surface area contributed by atoms with Gasteiger partial charge in [-0.1, -0.05) is 23.7 Å². The molecular weight excluding hydrogens is 440 g/mol. The monoisotopic (exact) mass is 454 g/mol. The lowest BCUT2D eigenvalue weighted by molar-refractivity contribution is -0.384. The van der Waals surface area contributed by atoms with Crippen LogP contribution < -0.4 is 21.5 Å². The largest absolute Gasteiger partial charge is 0.326 e. The summed E-state index contributed by atoms with van der Waals surface area (Å²) in [7, 11) is 0. The standard InChI is InChI=1S/C20H15ClN6O5/c21-10-3-1-4-11(7-10)23-20-25-17-16(19(30)26-20)14(9-15(28)24-17)18(29)22-12-5-2-6-13(8-12)27(31)32/h1-8,14H,9H2,(H,22,29)(H3,23,24,25,26,28,30). The third kappa shape index (κ3) is 4.42. The molecule has 0 spiro atoms. The van der Waals surface area contributed by atoms with Crippen LogP contribution in [0.5, 0.6) is 0 Å². The van der Waals surface area contributed by atoms with Crippen LogP contribution >= 0.6 is 11.6 Å². The normalized spacial score (nSPS) is 14.8. The molecule has 1 aromatic heterocycles. The number of fused-ring (bicyclic) bond motifs is 1. The van der Waals surface area contributed by atoms with Crippen molar-refractivity contribution in [2.45, 2.75) is 12.3 Å². The summed E-state index contributed by atoms with van der Waals surface area (Å²) in [6, 6.07) is 12.1. The number of nitro benzene ring substituents is 1. The van der Waals surface area contributed by atoms with Gasteiger partial charge in [-0.2, -0.15) is 4.98 Å². The fourth-order valence-corrected chi connectivity index (χ4v) is 3.47. The van der Waals surface area contributed by atoms with Crippen molar-refractivity contribution in [3.8, 4) is 0 Å². The van der Waals surface area contributed by atoms with Crippen molar-refractivity contribution >= 4 is 52.2 Å². The third-order valence-electron chi connectivity index (χ3n) is 4.68. The summed E-state index contributed by atoms with van der Waals surface area (Å²) in [5.74, 6) is -2.28. The Morgan fingerprint density at radius 2 is 1.91 bits per heavy atom. The number of hydrogen-bond acceptors (Lipinski definition) is 7. The van der Waals surface area contributed by atoms with Crippen molar-refractivity contribution < 1.29 is 14.5 Å². The zero-order valence-corrected chi connectivity index (χ0v) is 17.0. The molecule has 1 atom stereocenters. The van der Waals surface area contributed by atoms with Gasteiger partial charge in [0, 0.05) is 35.0 Å². The second-order valence-electron chi connectivity index (χ2n) is 6.91. The molecule has 11 nitrogen and oxygen atoms in total. The summed E-state index contributed by atoms with van der Waals surface area (Å²) >= 11 is 5.95. The van der Waals surface area contributed by atoms with Crippen LogP contribution in [0.15, 0.2) is 53.3 Å². The Labute approximate surface area is 185 Å². The molecule has 0 saturated carbocycles. The van der Waals surface area contributed by atoms with Gasteiger partial charge in [0.2, 0.25) is 17.8 Å². The van der Waals surface area contributed by atoms with Crippen molar-refractivity contribution in [2.24, 2.45) is 0 Å². The Kier molecular flexibility index (Phi) is 5.56. The number of H-pyrrole nitrogens is 1. The number of anilines is 4. The molecule has 0 aliphatic carbocycles. The number of carbonyl (C=O) groups excluding carboxylic acids is 2. The van der Waals surface area contributed by atoms with E-state index >= 15 is 0 Å². The number of benzene rings is 2. The van der Waals surface area contributed by atoms with Crippen LogP contribution in [-0.2, 0) is 9.59 Å². The van der Waals surface area contributed by atoms with Gasteiger partial charge in [0.25, 0.3) is 11.2 Å². The molecule has 0 radical (unpaired) electrons. The summed E-state index contributed by atoms with van der Waals surface area (Å²) in [5, 5.41) is 19.3. The molecule has 2 heterocycles. The molecule has 162 valence electrons. The highest BCUT2D eigenvalue weighted by molar-refractivity contribution is 6.30. The number of nitrogens with zero attached hydrogens (tertiary/aromatic N) is 2. The first kappa shape index (κ1) is 21.0. The van der Waals surface area contributed by atoms with E-state index in [2.05, 4.69) is 25.9 Å². The summed E-state index contributed by atoms with van der Waals surface area (Å²) in [5.41, 5.74) is -0.105. The summed E-state index contributed by atoms with van der Waals surface area (Å²) in [4.78, 5) is 54.9. The van der Waals surface area contributed by atoms with Crippen LogP contribution in [0.4, 0.5) is 28.8 Å². The van der Waals surface area contributed by atoms with E-state index in [1.54, 1.807) is 24.3 Å². The third-order valence-corrected chi connectivity index (χ3v) is 4.91. The van der Waals surface area contributed by atoms with E-state index in [9.17, 15) is 24.5 Å². The Morgan fingerprint density at radius 1 is 1.16 bits per heavy atom. The maximum absolute atomic E-state index is 12.9. The smallest absolute Gasteiger partial charge is 0.271 e. The van der Waals surface area contributed by atoms with E-state index in [1.165, 1.54) is 24.3 Å². The van der Waals surface area contributed by atoms with Crippen LogP contribution in [-0.4, -0.2) is 26.7 Å². The highest BCUT2D eigenvalue weighted by atomic mass is 35.5. The summed E-state index contributed by atoms with van der Waals surface area (Å²) in [6.45, 7) is 0. The minimum Gasteiger partial charge on any atom is -0.326 e. The fourth-order valence-electron chi connectivity index (χ4n) is 3.28. The number of nitrogens with one attached hydrogen (secondary N) is 4. The molecule has 0 saturated heterocycles. The lowest BCUT2D eigenvalue weighted by Gasteiger charge is -2.23. The molecule has 3 aromatic rings. The number of aromatic amines is 1. The van der Waals surface area contributed by atoms with Crippen molar-refractivity contribution in [1.29, 1.82) is 0 Å². The minimum absolute atomic E-state index is 0.0100. The molecule has 32 heavy (non-hydrogen) atoms. The predicted octanol–water partition coefficient (Wildman–Crippen LogP) is 3.14. The second-order valence-corrected chi connectivity index (χ2v) is 7.35. The number of non-ortho nitro benzene ring substituents is 1. The Hall–Kier alpha value is -4.25. The molecule has 0 fully saturated rings. The molecule has 1 aliphatic heterocycles. The minimum atomic E-state index is -1.13. The predicted molar refractivity (Wildman–Crippen MR) is 117 cm³/mol. The molecule has 1 aliphatic rings. The van der Waals surface area contributed by atoms with Gasteiger partial charge in [-0.15, -0.1) is 0 Å². The SMILES string of the molecule is O=C1CC(C(=O)Nc2cccc([N+](=O)[O-])c2)c2c(nc(Nc3cccc(Cl)c3)[nH]c2=O)N1. The topological polar surface area (TPSA) is 159 Å². The van der Waals surface area contributed by atoms with Gasteiger partial charge < -0.3 is 16.0 Å². The first-order valence-electron chi connectivity index (χ1n) is 9.32. The number of hydrogen-bond donors (Lipinski definition) is 4. The fraction of sp³-hybridized carbons (Fsp3) is 0.100. The van der Waals surface area contributed by atoms with Crippen LogP contribution in [0.25, 0.3) is 0 Å². The van der Waals surface area contributed by atoms with Crippen molar-refractivity contribution in [1.82, 2.24) is 9.97 Å². The Bertz CT molecular complexity index is 1310. The van der Waals surface area contributed by atoms with Gasteiger partial charge in [-0.25, -0.2) is 0 Å². The van der Waals surface area contributed by atoms with Gasteiger partial charge in [-0.05, 0) is 24.3 Å². The lowest BCUT2D eigenvalue weighted by atomic mass is 9.92. The number of rotatable bonds is 5. The van der Waals surface area contributed by atoms with E-state index in [4.69, 9.17) is 11.6 Å². The molecule has 2 amide bonds. The average Bonchev–Trinajstić information content (AvgIpc) is 2.73. The number of carbonyl (C=O) groups is 2. The Balaban J connectivity index is 1.63. The number of aromatic nitrogens is 2. The van der Waals surface area contributed by atoms with Crippen molar-refractivity contribution in [3.63, 3.8) is 0 Å². The highest BCUT2D eigenvalue weighted by Crippen LogP contribution is 2.30. The van der Waals surface area contributed by atoms with Gasteiger partial charge >= 0.3 is 0 Å². The number of nitro groups is 1. The molecule has 4 N–H and O–H groups in total. The molecule has 12 heteroatoms. The van der Waals surface area contributed by atoms with Gasteiger partial charge in [0.15, 0.2) is 0 Å². The van der Waals surface area contributed by atoms with Crippen LogP contribution in [0.2, 0.25) is 5.02 Å². The van der Waals surface area contributed by atoms with Gasteiger partial charge in [-0.3, -0.25) is 29.5 Å². The molecule has 1 unspecified atom stereocenters. The zero-order valence-electron chi connectivity index (χ0n) is 16.2. The average molecular weight is 455 g/mol. The molecule has 4 rings (SSSR count). The van der Waals surface area contributed by atoms with Crippen LogP contribution in [0.3, 0.4) is 0 Å². The van der Waals surface area contributed by atoms with E-state index < -0.39 is 28.2 Å². The maximum Gasteiger partial charge on any atom is 0.271 e. The van der Waals surface area contributed by atoms with E-state index in [1.807, 2.05) is 0 Å². The molecule has 2 aromatic carbocycles. The lowest BCUT2D eigenvalue weighted by Crippen LogP contribution is -2.36. The van der Waals surface area contributed by atoms with Crippen LogP contribution in [0.1, 0.15) is 17.9 Å². The van der Waals surface area contributed by atoms with E-state index in [0.29, 0.717) is 10.7 Å². The van der Waals surface area contributed by atoms with Crippen LogP contribution in [0, 0.1) is 10.1 Å². The summed E-state index contributed by atoms with van der Waals surface area (Å²) < 4.78 is 0. The number of amides is 2. The Morgan fingerprint density at radius 3 is 2.66 bits per heavy atom. The van der Waals surface area contributed by atoms with E-state index in [0.717, 1.165) is 0 Å². The first-order chi connectivity index (χ1) is 15.3. The highest BCUT2D eigenvalue weighted by Gasteiger charge is 2.35. The first-order valence-corrected chi connectivity index (χ1v) is 9.70. The second kappa shape index (κ2) is 8.47. The number of halogens is 1. The summed E-state index contributed by atoms with van der Waals surface area (Å²) in [6.07, 6.45) is -0.278.